The number of benzene rings is 1. The molecule has 0 aliphatic carbocycles. The summed E-state index contributed by atoms with van der Waals surface area (Å²) in [5.41, 5.74) is 2.68. The number of hydrogen-bond acceptors (Lipinski definition) is 6. The molecule has 30 heavy (non-hydrogen) atoms. The van der Waals surface area contributed by atoms with E-state index in [-0.39, 0.29) is 11.1 Å². The van der Waals surface area contributed by atoms with E-state index in [2.05, 4.69) is 33.7 Å². The van der Waals surface area contributed by atoms with E-state index in [0.717, 1.165) is 25.3 Å². The number of oxazole rings is 1. The summed E-state index contributed by atoms with van der Waals surface area (Å²) in [6.45, 7) is 6.64. The molecule has 1 atom stereocenters. The van der Waals surface area contributed by atoms with Crippen LogP contribution < -0.4 is 10.5 Å². The summed E-state index contributed by atoms with van der Waals surface area (Å²) >= 11 is 0. The minimum absolute atomic E-state index is 0.180. The molecule has 0 N–H and O–H groups in total. The first-order valence-electron chi connectivity index (χ1n) is 9.95. The van der Waals surface area contributed by atoms with Gasteiger partial charge in [-0.25, -0.2) is 14.4 Å². The first-order chi connectivity index (χ1) is 14.4. The van der Waals surface area contributed by atoms with Gasteiger partial charge in [-0.3, -0.25) is 9.20 Å². The highest BCUT2D eigenvalue weighted by molar-refractivity contribution is 5.80. The van der Waals surface area contributed by atoms with Gasteiger partial charge in [0.1, 0.15) is 11.2 Å². The van der Waals surface area contributed by atoms with Gasteiger partial charge in [0, 0.05) is 50.4 Å². The van der Waals surface area contributed by atoms with Crippen LogP contribution in [0.4, 0.5) is 10.1 Å². The minimum atomic E-state index is -0.499. The number of pyridine rings is 1. The molecule has 0 bridgehead atoms. The van der Waals surface area contributed by atoms with Crippen molar-refractivity contribution < 1.29 is 8.81 Å². The molecule has 0 saturated carbocycles. The zero-order valence-corrected chi connectivity index (χ0v) is 17.1. The van der Waals surface area contributed by atoms with Crippen LogP contribution in [0.25, 0.3) is 28.0 Å². The van der Waals surface area contributed by atoms with Crippen molar-refractivity contribution in [3.8, 4) is 11.3 Å². The van der Waals surface area contributed by atoms with Crippen molar-refractivity contribution in [1.82, 2.24) is 19.3 Å². The van der Waals surface area contributed by atoms with Crippen molar-refractivity contribution in [1.29, 1.82) is 0 Å². The molecule has 7 nitrogen and oxygen atoms in total. The minimum Gasteiger partial charge on any atom is -0.441 e. The first kappa shape index (κ1) is 18.7. The molecule has 0 radical (unpaired) electrons. The van der Waals surface area contributed by atoms with Crippen LogP contribution in [-0.4, -0.2) is 52.0 Å². The fraction of sp³-hybridized carbons (Fsp3) is 0.318. The van der Waals surface area contributed by atoms with Crippen LogP contribution in [-0.2, 0) is 0 Å². The number of rotatable bonds is 2. The third kappa shape index (κ3) is 3.13. The van der Waals surface area contributed by atoms with E-state index < -0.39 is 5.82 Å². The Morgan fingerprint density at radius 2 is 2.00 bits per heavy atom. The summed E-state index contributed by atoms with van der Waals surface area (Å²) in [5, 5.41) is 0. The number of anilines is 1. The van der Waals surface area contributed by atoms with Gasteiger partial charge in [-0.05, 0) is 38.2 Å². The topological polar surface area (TPSA) is 66.9 Å². The number of aromatic nitrogens is 3. The number of piperazine rings is 1. The van der Waals surface area contributed by atoms with Crippen LogP contribution in [0.5, 0.6) is 0 Å². The fourth-order valence-electron chi connectivity index (χ4n) is 3.96. The molecule has 4 heterocycles. The van der Waals surface area contributed by atoms with Crippen molar-refractivity contribution in [3.63, 3.8) is 0 Å². The van der Waals surface area contributed by atoms with Crippen molar-refractivity contribution in [2.24, 2.45) is 0 Å². The smallest absolute Gasteiger partial charge is 0.258 e. The Labute approximate surface area is 172 Å². The Kier molecular flexibility index (Phi) is 4.32. The zero-order chi connectivity index (χ0) is 21.0. The van der Waals surface area contributed by atoms with Crippen LogP contribution in [0.1, 0.15) is 12.8 Å². The maximum atomic E-state index is 14.4. The number of fused-ring (bicyclic) bond motifs is 2. The van der Waals surface area contributed by atoms with Crippen molar-refractivity contribution in [3.05, 3.63) is 58.6 Å². The molecule has 5 rings (SSSR count). The molecule has 8 heteroatoms. The first-order valence-corrected chi connectivity index (χ1v) is 9.95. The SMILES string of the molecule is Cc1nc2c(F)cc(-c3cc(=O)n4cc(N5CCN(C)C(C)C5)ccc4n3)cc2o1. The molecule has 1 saturated heterocycles. The second-order valence-electron chi connectivity index (χ2n) is 7.91. The molecule has 1 unspecified atom stereocenters. The summed E-state index contributed by atoms with van der Waals surface area (Å²) < 4.78 is 21.4. The maximum Gasteiger partial charge on any atom is 0.258 e. The van der Waals surface area contributed by atoms with Gasteiger partial charge >= 0.3 is 0 Å². The van der Waals surface area contributed by atoms with Gasteiger partial charge in [-0.2, -0.15) is 0 Å². The maximum absolute atomic E-state index is 14.4. The molecule has 0 amide bonds. The molecule has 4 aromatic rings. The van der Waals surface area contributed by atoms with Gasteiger partial charge in [0.15, 0.2) is 17.3 Å². The number of aryl methyl sites for hydroxylation is 1. The van der Waals surface area contributed by atoms with Crippen LogP contribution in [0.15, 0.2) is 45.7 Å². The highest BCUT2D eigenvalue weighted by atomic mass is 19.1. The fourth-order valence-corrected chi connectivity index (χ4v) is 3.96. The summed E-state index contributed by atoms with van der Waals surface area (Å²) in [6, 6.07) is 8.67. The van der Waals surface area contributed by atoms with Gasteiger partial charge in [0.2, 0.25) is 0 Å². The second kappa shape index (κ2) is 6.91. The van der Waals surface area contributed by atoms with Crippen molar-refractivity contribution >= 4 is 22.4 Å². The lowest BCUT2D eigenvalue weighted by molar-refractivity contribution is 0.234. The summed E-state index contributed by atoms with van der Waals surface area (Å²) in [4.78, 5) is 26.1. The van der Waals surface area contributed by atoms with Crippen LogP contribution >= 0.6 is 0 Å². The Morgan fingerprint density at radius 3 is 2.80 bits per heavy atom. The van der Waals surface area contributed by atoms with E-state index in [1.807, 2.05) is 18.3 Å². The van der Waals surface area contributed by atoms with Gasteiger partial charge in [0.05, 0.1) is 11.4 Å². The van der Waals surface area contributed by atoms with Crippen molar-refractivity contribution in [2.45, 2.75) is 19.9 Å². The third-order valence-corrected chi connectivity index (χ3v) is 5.82. The standard InChI is InChI=1S/C22H22FN5O2/c1-13-11-27(7-6-26(13)3)16-4-5-20-25-18(10-21(29)28(20)12-16)15-8-17(23)22-19(9-15)30-14(2)24-22/h4-5,8-10,12-13H,6-7,11H2,1-3H3. The Balaban J connectivity index is 1.56. The number of halogens is 1. The van der Waals surface area contributed by atoms with Gasteiger partial charge in [0.25, 0.3) is 5.56 Å². The molecule has 1 aliphatic heterocycles. The van der Waals surface area contributed by atoms with Crippen LogP contribution in [0.2, 0.25) is 0 Å². The monoisotopic (exact) mass is 407 g/mol. The quantitative estimate of drug-likeness (QED) is 0.509. The van der Waals surface area contributed by atoms with E-state index in [4.69, 9.17) is 4.42 Å². The molecule has 3 aromatic heterocycles. The lowest BCUT2D eigenvalue weighted by Gasteiger charge is -2.39. The van der Waals surface area contributed by atoms with E-state index in [1.54, 1.807) is 13.0 Å². The third-order valence-electron chi connectivity index (χ3n) is 5.82. The predicted octanol–water partition coefficient (Wildman–Crippen LogP) is 3.09. The second-order valence-corrected chi connectivity index (χ2v) is 7.91. The van der Waals surface area contributed by atoms with Crippen molar-refractivity contribution in [2.75, 3.05) is 31.6 Å². The number of hydrogen-bond donors (Lipinski definition) is 0. The predicted molar refractivity (Wildman–Crippen MR) is 113 cm³/mol. The lowest BCUT2D eigenvalue weighted by Crippen LogP contribution is -2.50. The molecule has 154 valence electrons. The average molecular weight is 407 g/mol. The average Bonchev–Trinajstić information content (AvgIpc) is 3.10. The number of likely N-dealkylation sites (N-methyl/N-ethyl adjacent to an activating group) is 1. The van der Waals surface area contributed by atoms with E-state index in [9.17, 15) is 9.18 Å². The molecule has 1 fully saturated rings. The molecule has 1 aromatic carbocycles. The van der Waals surface area contributed by atoms with Crippen LogP contribution in [0.3, 0.4) is 0 Å². The van der Waals surface area contributed by atoms with Gasteiger partial charge in [-0.15, -0.1) is 0 Å². The van der Waals surface area contributed by atoms with Gasteiger partial charge in [-0.1, -0.05) is 0 Å². The Hall–Kier alpha value is -3.26. The summed E-state index contributed by atoms with van der Waals surface area (Å²) in [5.74, 6) is -0.112. The Bertz CT molecular complexity index is 1330. The summed E-state index contributed by atoms with van der Waals surface area (Å²) in [6.07, 6.45) is 1.83. The highest BCUT2D eigenvalue weighted by Gasteiger charge is 2.21. The highest BCUT2D eigenvalue weighted by Crippen LogP contribution is 2.26. The molecule has 0 spiro atoms. The molecule has 1 aliphatic rings. The molecular formula is C22H22FN5O2. The number of nitrogens with zero attached hydrogens (tertiary/aromatic N) is 5. The van der Waals surface area contributed by atoms with Gasteiger partial charge < -0.3 is 14.2 Å². The Morgan fingerprint density at radius 1 is 1.17 bits per heavy atom. The summed E-state index contributed by atoms with van der Waals surface area (Å²) in [7, 11) is 2.12. The normalized spacial score (nSPS) is 17.9. The van der Waals surface area contributed by atoms with E-state index in [1.165, 1.54) is 16.5 Å². The van der Waals surface area contributed by atoms with E-state index >= 15 is 0 Å². The van der Waals surface area contributed by atoms with Crippen LogP contribution in [0, 0.1) is 12.7 Å². The van der Waals surface area contributed by atoms with E-state index in [0.29, 0.717) is 34.4 Å². The lowest BCUT2D eigenvalue weighted by atomic mass is 10.1. The zero-order valence-electron chi connectivity index (χ0n) is 17.1. The molecular weight excluding hydrogens is 385 g/mol. The largest absolute Gasteiger partial charge is 0.441 e.